The van der Waals surface area contributed by atoms with Gasteiger partial charge in [-0.1, -0.05) is 31.0 Å². The van der Waals surface area contributed by atoms with Gasteiger partial charge >= 0.3 is 0 Å². The van der Waals surface area contributed by atoms with Gasteiger partial charge in [0.25, 0.3) is 0 Å². The summed E-state index contributed by atoms with van der Waals surface area (Å²) in [5, 5.41) is 4.93. The van der Waals surface area contributed by atoms with Gasteiger partial charge < -0.3 is 5.32 Å². The lowest BCUT2D eigenvalue weighted by Crippen LogP contribution is -2.45. The lowest BCUT2D eigenvalue weighted by atomic mass is 9.83. The molecule has 2 aliphatic rings. The lowest BCUT2D eigenvalue weighted by molar-refractivity contribution is 0.181. The molecule has 1 aliphatic carbocycles. The van der Waals surface area contributed by atoms with Crippen molar-refractivity contribution >= 4 is 16.9 Å². The highest BCUT2D eigenvalue weighted by Gasteiger charge is 2.37. The predicted octanol–water partition coefficient (Wildman–Crippen LogP) is 3.50. The summed E-state index contributed by atoms with van der Waals surface area (Å²) < 4.78 is 0. The molecule has 116 valence electrons. The van der Waals surface area contributed by atoms with Crippen LogP contribution in [0.25, 0.3) is 0 Å². The van der Waals surface area contributed by atoms with Crippen LogP contribution in [-0.4, -0.2) is 46.5 Å². The van der Waals surface area contributed by atoms with Crippen molar-refractivity contribution in [2.45, 2.75) is 77.4 Å². The Morgan fingerprint density at radius 3 is 2.40 bits per heavy atom. The Bertz CT molecular complexity index is 325. The maximum atomic E-state index is 4.80. The Kier molecular flexibility index (Phi) is 5.79. The first kappa shape index (κ1) is 16.2. The zero-order valence-corrected chi connectivity index (χ0v) is 14.4. The summed E-state index contributed by atoms with van der Waals surface area (Å²) in [6.07, 6.45) is 6.86. The molecule has 0 aromatic carbocycles. The van der Waals surface area contributed by atoms with Gasteiger partial charge in [0.15, 0.2) is 5.17 Å². The number of thioether (sulfide) groups is 1. The second-order valence-electron chi connectivity index (χ2n) is 6.87. The first-order valence-electron chi connectivity index (χ1n) is 8.24. The van der Waals surface area contributed by atoms with Crippen LogP contribution in [0.5, 0.6) is 0 Å². The highest BCUT2D eigenvalue weighted by Crippen LogP contribution is 2.36. The van der Waals surface area contributed by atoms with Gasteiger partial charge in [0, 0.05) is 29.9 Å². The summed E-state index contributed by atoms with van der Waals surface area (Å²) in [7, 11) is 0. The van der Waals surface area contributed by atoms with Crippen molar-refractivity contribution in [1.29, 1.82) is 0 Å². The van der Waals surface area contributed by atoms with E-state index < -0.39 is 0 Å². The van der Waals surface area contributed by atoms with Crippen molar-refractivity contribution in [2.24, 2.45) is 4.99 Å². The van der Waals surface area contributed by atoms with Gasteiger partial charge in [-0.2, -0.15) is 0 Å². The lowest BCUT2D eigenvalue weighted by Gasteiger charge is -2.32. The molecule has 0 amide bonds. The number of rotatable bonds is 5. The molecule has 0 aromatic heterocycles. The third-order valence-electron chi connectivity index (χ3n) is 4.61. The van der Waals surface area contributed by atoms with Crippen LogP contribution in [0.2, 0.25) is 0 Å². The maximum Gasteiger partial charge on any atom is 0.157 e. The van der Waals surface area contributed by atoms with Crippen molar-refractivity contribution in [3.05, 3.63) is 0 Å². The van der Waals surface area contributed by atoms with Crippen molar-refractivity contribution in [2.75, 3.05) is 18.8 Å². The zero-order valence-electron chi connectivity index (χ0n) is 13.6. The molecule has 2 rings (SSSR count). The largest absolute Gasteiger partial charge is 0.359 e. The van der Waals surface area contributed by atoms with Crippen LogP contribution in [0.4, 0.5) is 0 Å². The first-order valence-corrected chi connectivity index (χ1v) is 9.22. The van der Waals surface area contributed by atoms with Crippen LogP contribution >= 0.6 is 11.8 Å². The van der Waals surface area contributed by atoms with E-state index in [1.54, 1.807) is 0 Å². The average Bonchev–Trinajstić information content (AvgIpc) is 2.77. The second kappa shape index (κ2) is 7.17. The van der Waals surface area contributed by atoms with Gasteiger partial charge in [0.1, 0.15) is 0 Å². The molecule has 0 atom stereocenters. The van der Waals surface area contributed by atoms with Crippen LogP contribution in [0, 0.1) is 0 Å². The number of hydrogen-bond acceptors (Lipinski definition) is 3. The normalized spacial score (nSPS) is 24.2. The van der Waals surface area contributed by atoms with Crippen LogP contribution in [0.3, 0.4) is 0 Å². The van der Waals surface area contributed by atoms with Gasteiger partial charge in [-0.05, 0) is 40.5 Å². The molecule has 1 saturated heterocycles. The van der Waals surface area contributed by atoms with Gasteiger partial charge in [0.05, 0.1) is 6.54 Å². The highest BCUT2D eigenvalue weighted by molar-refractivity contribution is 8.14. The molecule has 0 bridgehead atoms. The van der Waals surface area contributed by atoms with Crippen molar-refractivity contribution < 1.29 is 0 Å². The molecule has 1 saturated carbocycles. The third kappa shape index (κ3) is 4.14. The number of nitrogens with one attached hydrogen (secondary N) is 1. The predicted molar refractivity (Wildman–Crippen MR) is 90.7 cm³/mol. The minimum Gasteiger partial charge on any atom is -0.359 e. The smallest absolute Gasteiger partial charge is 0.157 e. The molecule has 3 nitrogen and oxygen atoms in total. The molecule has 20 heavy (non-hydrogen) atoms. The number of hydrogen-bond donors (Lipinski definition) is 1. The minimum absolute atomic E-state index is 0.386. The SMILES string of the molecule is CC(C)N(CCN=C1NC2(CCCCC2)CS1)C(C)C. The van der Waals surface area contributed by atoms with E-state index in [0.717, 1.165) is 13.1 Å². The number of aliphatic imine (C=N–C) groups is 1. The molecular formula is C16H31N3S. The van der Waals surface area contributed by atoms with Gasteiger partial charge in [-0.25, -0.2) is 0 Å². The molecular weight excluding hydrogens is 266 g/mol. The summed E-state index contributed by atoms with van der Waals surface area (Å²) in [6, 6.07) is 1.20. The summed E-state index contributed by atoms with van der Waals surface area (Å²) in [5.74, 6) is 1.23. The van der Waals surface area contributed by atoms with E-state index in [-0.39, 0.29) is 0 Å². The number of amidine groups is 1. The molecule has 1 heterocycles. The van der Waals surface area contributed by atoms with Crippen molar-refractivity contribution in [3.63, 3.8) is 0 Å². The Morgan fingerprint density at radius 1 is 1.15 bits per heavy atom. The molecule has 1 spiro atoms. The van der Waals surface area contributed by atoms with Crippen LogP contribution in [0.1, 0.15) is 59.8 Å². The zero-order chi connectivity index (χ0) is 14.6. The van der Waals surface area contributed by atoms with Gasteiger partial charge in [-0.3, -0.25) is 9.89 Å². The van der Waals surface area contributed by atoms with Crippen LogP contribution in [0.15, 0.2) is 4.99 Å². The Labute approximate surface area is 129 Å². The van der Waals surface area contributed by atoms with Crippen molar-refractivity contribution in [3.8, 4) is 0 Å². The van der Waals surface area contributed by atoms with Gasteiger partial charge in [0.2, 0.25) is 0 Å². The summed E-state index contributed by atoms with van der Waals surface area (Å²) in [4.78, 5) is 7.32. The van der Waals surface area contributed by atoms with Crippen LogP contribution < -0.4 is 5.32 Å². The summed E-state index contributed by atoms with van der Waals surface area (Å²) >= 11 is 1.94. The monoisotopic (exact) mass is 297 g/mol. The average molecular weight is 298 g/mol. The van der Waals surface area contributed by atoms with Gasteiger partial charge in [-0.15, -0.1) is 0 Å². The standard InChI is InChI=1S/C16H31N3S/c1-13(2)19(14(3)4)11-10-17-15-18-16(12-20-15)8-6-5-7-9-16/h13-14H,5-12H2,1-4H3,(H,17,18). The quantitative estimate of drug-likeness (QED) is 0.841. The van der Waals surface area contributed by atoms with E-state index in [1.165, 1.54) is 43.0 Å². The Hall–Kier alpha value is -0.220. The molecule has 4 heteroatoms. The molecule has 0 aromatic rings. The van der Waals surface area contributed by atoms with E-state index in [4.69, 9.17) is 4.99 Å². The summed E-state index contributed by atoms with van der Waals surface area (Å²) in [5.41, 5.74) is 0.386. The maximum absolute atomic E-state index is 4.80. The third-order valence-corrected chi connectivity index (χ3v) is 5.81. The van der Waals surface area contributed by atoms with Crippen molar-refractivity contribution in [1.82, 2.24) is 10.2 Å². The van der Waals surface area contributed by atoms with E-state index in [0.29, 0.717) is 17.6 Å². The second-order valence-corrected chi connectivity index (χ2v) is 7.83. The molecule has 1 N–H and O–H groups in total. The fourth-order valence-corrected chi connectivity index (χ4v) is 4.71. The summed E-state index contributed by atoms with van der Waals surface area (Å²) in [6.45, 7) is 11.1. The Morgan fingerprint density at radius 2 is 1.80 bits per heavy atom. The molecule has 0 unspecified atom stereocenters. The minimum atomic E-state index is 0.386. The van der Waals surface area contributed by atoms with E-state index >= 15 is 0 Å². The van der Waals surface area contributed by atoms with E-state index in [2.05, 4.69) is 37.9 Å². The number of nitrogens with zero attached hydrogens (tertiary/aromatic N) is 2. The molecule has 0 radical (unpaired) electrons. The van der Waals surface area contributed by atoms with E-state index in [9.17, 15) is 0 Å². The molecule has 2 fully saturated rings. The van der Waals surface area contributed by atoms with E-state index in [1.807, 2.05) is 11.8 Å². The fraction of sp³-hybridized carbons (Fsp3) is 0.938. The topological polar surface area (TPSA) is 27.6 Å². The molecule has 1 aliphatic heterocycles. The first-order chi connectivity index (χ1) is 9.52. The van der Waals surface area contributed by atoms with Crippen LogP contribution in [-0.2, 0) is 0 Å². The fourth-order valence-electron chi connectivity index (χ4n) is 3.47. The Balaban J connectivity index is 1.81. The highest BCUT2D eigenvalue weighted by atomic mass is 32.2.